The topological polar surface area (TPSA) is 126 Å². The molecule has 2 aromatic carbocycles. The van der Waals surface area contributed by atoms with Gasteiger partial charge in [-0.05, 0) is 44.9 Å². The Morgan fingerprint density at radius 2 is 1.93 bits per heavy atom. The van der Waals surface area contributed by atoms with Crippen LogP contribution in [0, 0.1) is 25.2 Å². The summed E-state index contributed by atoms with van der Waals surface area (Å²) >= 11 is 0. The number of ether oxygens (including phenoxy) is 5. The van der Waals surface area contributed by atoms with E-state index in [9.17, 15) is 15.2 Å². The third-order valence-electron chi connectivity index (χ3n) is 9.14. The molecule has 6 rings (SSSR count). The number of rotatable bonds is 6. The van der Waals surface area contributed by atoms with Crippen molar-refractivity contribution in [2.24, 2.45) is 0 Å². The normalized spacial score (nSPS) is 25.9. The second-order valence-corrected chi connectivity index (χ2v) is 11.2. The van der Waals surface area contributed by atoms with E-state index >= 15 is 0 Å². The molecule has 1 amide bonds. The Morgan fingerprint density at radius 3 is 2.61 bits per heavy atom. The van der Waals surface area contributed by atoms with Crippen LogP contribution in [0.4, 0.5) is 0 Å². The highest BCUT2D eigenvalue weighted by Crippen LogP contribution is 2.58. The number of likely N-dealkylation sites (N-methyl/N-ethyl adjacent to an activating group) is 1. The van der Waals surface area contributed by atoms with Gasteiger partial charge in [-0.15, -0.1) is 0 Å². The van der Waals surface area contributed by atoms with Crippen LogP contribution in [-0.2, 0) is 22.4 Å². The Labute approximate surface area is 239 Å². The van der Waals surface area contributed by atoms with Crippen LogP contribution in [-0.4, -0.2) is 80.3 Å². The van der Waals surface area contributed by atoms with E-state index in [1.807, 2.05) is 13.8 Å². The second kappa shape index (κ2) is 10.3. The molecule has 11 nitrogen and oxygen atoms in total. The fourth-order valence-corrected chi connectivity index (χ4v) is 7.52. The van der Waals surface area contributed by atoms with Crippen LogP contribution >= 0.6 is 0 Å². The lowest BCUT2D eigenvalue weighted by Crippen LogP contribution is -2.68. The Morgan fingerprint density at radius 1 is 1.17 bits per heavy atom. The van der Waals surface area contributed by atoms with Gasteiger partial charge in [-0.1, -0.05) is 6.07 Å². The molecule has 5 atom stereocenters. The molecule has 4 aliphatic heterocycles. The fraction of sp³-hybridized carbons (Fsp3) is 0.533. The molecule has 2 bridgehead atoms. The van der Waals surface area contributed by atoms with Gasteiger partial charge < -0.3 is 34.1 Å². The molecule has 2 aromatic rings. The Bertz CT molecular complexity index is 1450. The number of fused-ring (bicyclic) bond motifs is 9. The summed E-state index contributed by atoms with van der Waals surface area (Å²) in [5, 5.41) is 25.2. The first-order valence-corrected chi connectivity index (χ1v) is 13.8. The summed E-state index contributed by atoms with van der Waals surface area (Å²) < 4.78 is 29.1. The molecule has 2 unspecified atom stereocenters. The van der Waals surface area contributed by atoms with Gasteiger partial charge in [0.05, 0.1) is 25.3 Å². The number of piperazine rings is 1. The SMILES string of the molecule is COCOc1c(OC)c(C)cc2c1[C@H]1C3Cc4c(O)c(C)c5c(c4C(CNC(C)=O)N3[C@@H](C#N)[C@@H](C2)N1C)OCO5. The summed E-state index contributed by atoms with van der Waals surface area (Å²) in [6, 6.07) is 3.25. The molecule has 2 N–H and O–H groups in total. The summed E-state index contributed by atoms with van der Waals surface area (Å²) in [5.41, 5.74) is 5.19. The molecule has 1 saturated heterocycles. The summed E-state index contributed by atoms with van der Waals surface area (Å²) in [7, 11) is 5.26. The van der Waals surface area contributed by atoms with Gasteiger partial charge >= 0.3 is 0 Å². The van der Waals surface area contributed by atoms with E-state index < -0.39 is 12.1 Å². The number of phenolic OH excluding ortho intramolecular Hbond substituents is 1. The predicted molar refractivity (Wildman–Crippen MR) is 147 cm³/mol. The van der Waals surface area contributed by atoms with Crippen LogP contribution in [0.5, 0.6) is 28.7 Å². The number of nitrogens with one attached hydrogen (secondary N) is 1. The van der Waals surface area contributed by atoms with Crippen LogP contribution in [0.3, 0.4) is 0 Å². The minimum absolute atomic E-state index is 0.0464. The molecule has 218 valence electrons. The molecule has 0 aromatic heterocycles. The van der Waals surface area contributed by atoms with Gasteiger partial charge in [-0.3, -0.25) is 14.6 Å². The number of hydrogen-bond acceptors (Lipinski definition) is 10. The zero-order valence-corrected chi connectivity index (χ0v) is 24.2. The third kappa shape index (κ3) is 4.00. The number of aromatic hydroxyl groups is 1. The highest BCUT2D eigenvalue weighted by atomic mass is 16.7. The van der Waals surface area contributed by atoms with Crippen LogP contribution < -0.4 is 24.3 Å². The summed E-state index contributed by atoms with van der Waals surface area (Å²) in [6.45, 7) is 5.63. The van der Waals surface area contributed by atoms with Gasteiger partial charge in [0.15, 0.2) is 29.8 Å². The van der Waals surface area contributed by atoms with Crippen LogP contribution in [0.2, 0.25) is 0 Å². The standard InChI is InChI=1S/C30H36N4O7/c1-14-7-17-8-19-21(10-31)34-20(25(33(19)4)23(17)29(27(14)38-6)39-12-37-5)9-18-24(22(34)11-32-16(3)35)30-28(40-13-41-30)15(2)26(18)36/h7,19-22,25,36H,8-9,11-13H2,1-6H3,(H,32,35)/t19-,20?,21+,22?,25-/m1/s1. The summed E-state index contributed by atoms with van der Waals surface area (Å²) in [5.74, 6) is 2.34. The van der Waals surface area contributed by atoms with E-state index in [4.69, 9.17) is 23.7 Å². The average molecular weight is 565 g/mol. The van der Waals surface area contributed by atoms with Crippen molar-refractivity contribution < 1.29 is 33.6 Å². The van der Waals surface area contributed by atoms with Crippen molar-refractivity contribution in [1.29, 1.82) is 5.26 Å². The third-order valence-corrected chi connectivity index (χ3v) is 9.14. The van der Waals surface area contributed by atoms with Gasteiger partial charge in [-0.2, -0.15) is 5.26 Å². The first kappa shape index (κ1) is 27.4. The van der Waals surface area contributed by atoms with Crippen molar-refractivity contribution in [3.8, 4) is 34.8 Å². The van der Waals surface area contributed by atoms with E-state index in [2.05, 4.69) is 34.3 Å². The number of nitriles is 1. The quantitative estimate of drug-likeness (QED) is 0.506. The maximum Gasteiger partial charge on any atom is 0.231 e. The first-order valence-electron chi connectivity index (χ1n) is 13.8. The monoisotopic (exact) mass is 564 g/mol. The number of benzene rings is 2. The molecule has 1 fully saturated rings. The Hall–Kier alpha value is -3.72. The average Bonchev–Trinajstić information content (AvgIpc) is 3.43. The number of phenols is 1. The smallest absolute Gasteiger partial charge is 0.231 e. The van der Waals surface area contributed by atoms with Gasteiger partial charge in [0.2, 0.25) is 12.7 Å². The number of nitrogens with zero attached hydrogens (tertiary/aromatic N) is 3. The Kier molecular flexibility index (Phi) is 6.88. The van der Waals surface area contributed by atoms with E-state index in [1.165, 1.54) is 6.92 Å². The summed E-state index contributed by atoms with van der Waals surface area (Å²) in [6.07, 6.45) is 1.09. The van der Waals surface area contributed by atoms with Crippen molar-refractivity contribution in [1.82, 2.24) is 15.1 Å². The lowest BCUT2D eigenvalue weighted by atomic mass is 9.71. The van der Waals surface area contributed by atoms with Crippen LogP contribution in [0.15, 0.2) is 6.07 Å². The highest BCUT2D eigenvalue weighted by Gasteiger charge is 2.56. The van der Waals surface area contributed by atoms with Gasteiger partial charge in [0.1, 0.15) is 11.8 Å². The fourth-order valence-electron chi connectivity index (χ4n) is 7.52. The van der Waals surface area contributed by atoms with E-state index in [0.29, 0.717) is 41.4 Å². The first-order chi connectivity index (χ1) is 19.7. The Balaban J connectivity index is 1.60. The largest absolute Gasteiger partial charge is 0.507 e. The minimum atomic E-state index is -0.492. The molecule has 0 radical (unpaired) electrons. The number of methoxy groups -OCH3 is 2. The zero-order valence-electron chi connectivity index (χ0n) is 24.2. The number of aryl methyl sites for hydroxylation is 1. The van der Waals surface area contributed by atoms with Crippen molar-refractivity contribution in [2.75, 3.05) is 41.4 Å². The molecule has 0 saturated carbocycles. The number of hydrogen-bond donors (Lipinski definition) is 2. The maximum absolute atomic E-state index is 12.2. The molecule has 0 aliphatic carbocycles. The number of carbonyl (C=O) groups excluding carboxylic acids is 1. The molecule has 41 heavy (non-hydrogen) atoms. The zero-order chi connectivity index (χ0) is 29.2. The van der Waals surface area contributed by atoms with Crippen molar-refractivity contribution in [3.05, 3.63) is 39.4 Å². The van der Waals surface area contributed by atoms with E-state index in [0.717, 1.165) is 27.8 Å². The molecular weight excluding hydrogens is 528 g/mol. The maximum atomic E-state index is 12.2. The molecule has 4 aliphatic rings. The lowest BCUT2D eigenvalue weighted by Gasteiger charge is -2.60. The molecular formula is C30H36N4O7. The van der Waals surface area contributed by atoms with Gasteiger partial charge in [-0.25, -0.2) is 0 Å². The van der Waals surface area contributed by atoms with Crippen LogP contribution in [0.1, 0.15) is 52.4 Å². The van der Waals surface area contributed by atoms with E-state index in [-0.39, 0.29) is 49.9 Å². The minimum Gasteiger partial charge on any atom is -0.507 e. The van der Waals surface area contributed by atoms with Crippen molar-refractivity contribution >= 4 is 5.91 Å². The number of carbonyl (C=O) groups is 1. The van der Waals surface area contributed by atoms with Gasteiger partial charge in [0, 0.05) is 54.9 Å². The van der Waals surface area contributed by atoms with Crippen LogP contribution in [0.25, 0.3) is 0 Å². The summed E-state index contributed by atoms with van der Waals surface area (Å²) in [4.78, 5) is 16.7. The van der Waals surface area contributed by atoms with Crippen molar-refractivity contribution in [3.63, 3.8) is 0 Å². The molecule has 0 spiro atoms. The molecule has 4 heterocycles. The highest BCUT2D eigenvalue weighted by molar-refractivity contribution is 5.73. The second-order valence-electron chi connectivity index (χ2n) is 11.2. The molecule has 11 heteroatoms. The van der Waals surface area contributed by atoms with Crippen molar-refractivity contribution in [2.45, 2.75) is 63.8 Å². The van der Waals surface area contributed by atoms with E-state index in [1.54, 1.807) is 14.2 Å². The number of amides is 1. The predicted octanol–water partition coefficient (Wildman–Crippen LogP) is 2.64. The van der Waals surface area contributed by atoms with Gasteiger partial charge in [0.25, 0.3) is 0 Å². The lowest BCUT2D eigenvalue weighted by molar-refractivity contribution is -0.120.